The molecule has 2 bridgehead atoms. The topological polar surface area (TPSA) is 91.3 Å². The van der Waals surface area contributed by atoms with Gasteiger partial charge in [0.1, 0.15) is 35.5 Å². The van der Waals surface area contributed by atoms with Crippen LogP contribution in [0.25, 0.3) is 32.8 Å². The Bertz CT molecular complexity index is 1900. The highest BCUT2D eigenvalue weighted by molar-refractivity contribution is 6.01. The maximum absolute atomic E-state index is 16.9. The van der Waals surface area contributed by atoms with Crippen molar-refractivity contribution < 1.29 is 28.2 Å². The van der Waals surface area contributed by atoms with Crippen molar-refractivity contribution in [1.29, 1.82) is 0 Å². The van der Waals surface area contributed by atoms with Crippen molar-refractivity contribution in [3.05, 3.63) is 54.3 Å². The molecule has 8 rings (SSSR count). The predicted octanol–water partition coefficient (Wildman–Crippen LogP) is 6.84. The van der Waals surface area contributed by atoms with Gasteiger partial charge in [0, 0.05) is 37.0 Å². The monoisotopic (exact) mass is 657 g/mol. The number of benzene rings is 3. The SMILES string of the molecule is CC(C)(C)OC(=O)N1C2CCC1CN(c1nc(OC[C@@]34CCCN3C[C@H](F)C4)nc3c(F)c(-c4cc(O)cc5ccccc45)ccc13)C2. The molecule has 4 aliphatic heterocycles. The lowest BCUT2D eigenvalue weighted by Gasteiger charge is -2.42. The number of halogens is 2. The van der Waals surface area contributed by atoms with Gasteiger partial charge in [-0.15, -0.1) is 0 Å². The minimum Gasteiger partial charge on any atom is -0.508 e. The number of phenols is 1. The summed E-state index contributed by atoms with van der Waals surface area (Å²) in [6, 6.07) is 14.2. The molecule has 11 heteroatoms. The Hall–Kier alpha value is -4.25. The van der Waals surface area contributed by atoms with Gasteiger partial charge in [0.15, 0.2) is 5.82 Å². The number of anilines is 1. The number of alkyl halides is 1. The molecule has 3 aromatic carbocycles. The summed E-state index contributed by atoms with van der Waals surface area (Å²) in [5, 5.41) is 12.7. The van der Waals surface area contributed by atoms with Crippen molar-refractivity contribution in [2.75, 3.05) is 37.7 Å². The lowest BCUT2D eigenvalue weighted by Crippen LogP contribution is -2.57. The third-order valence-electron chi connectivity index (χ3n) is 10.5. The highest BCUT2D eigenvalue weighted by atomic mass is 19.1. The first-order valence-corrected chi connectivity index (χ1v) is 17.0. The number of rotatable bonds is 5. The van der Waals surface area contributed by atoms with Gasteiger partial charge in [0.05, 0.1) is 17.6 Å². The van der Waals surface area contributed by atoms with E-state index in [0.29, 0.717) is 48.4 Å². The molecular formula is C37H41F2N5O4. The summed E-state index contributed by atoms with van der Waals surface area (Å²) in [5.41, 5.74) is -0.0581. The third-order valence-corrected chi connectivity index (χ3v) is 10.5. The molecular weight excluding hydrogens is 616 g/mol. The Morgan fingerprint density at radius 1 is 1.02 bits per heavy atom. The molecule has 1 N–H and O–H groups in total. The Morgan fingerprint density at radius 2 is 1.79 bits per heavy atom. The van der Waals surface area contributed by atoms with Gasteiger partial charge >= 0.3 is 12.1 Å². The summed E-state index contributed by atoms with van der Waals surface area (Å²) in [4.78, 5) is 28.9. The van der Waals surface area contributed by atoms with Gasteiger partial charge in [-0.1, -0.05) is 30.3 Å². The molecule has 4 saturated heterocycles. The lowest BCUT2D eigenvalue weighted by molar-refractivity contribution is 0.0122. The molecule has 0 radical (unpaired) electrons. The first-order valence-electron chi connectivity index (χ1n) is 17.0. The number of aromatic hydroxyl groups is 1. The number of nitrogens with zero attached hydrogens (tertiary/aromatic N) is 5. The summed E-state index contributed by atoms with van der Waals surface area (Å²) >= 11 is 0. The molecule has 4 aromatic rings. The van der Waals surface area contributed by atoms with Crippen LogP contribution in [0, 0.1) is 5.82 Å². The fourth-order valence-electron chi connectivity index (χ4n) is 8.49. The zero-order valence-electron chi connectivity index (χ0n) is 27.6. The number of carbonyl (C=O) groups excluding carboxylic acids is 1. The van der Waals surface area contributed by atoms with E-state index in [1.807, 2.05) is 56.0 Å². The third kappa shape index (κ3) is 5.36. The summed E-state index contributed by atoms with van der Waals surface area (Å²) in [6.07, 6.45) is 2.64. The number of fused-ring (bicyclic) bond motifs is 5. The van der Waals surface area contributed by atoms with E-state index in [2.05, 4.69) is 14.8 Å². The molecule has 4 aliphatic rings. The van der Waals surface area contributed by atoms with Crippen LogP contribution in [0.3, 0.4) is 0 Å². The number of carbonyl (C=O) groups is 1. The van der Waals surface area contributed by atoms with E-state index in [1.54, 1.807) is 18.2 Å². The number of hydrogen-bond donors (Lipinski definition) is 1. The second kappa shape index (κ2) is 11.4. The summed E-state index contributed by atoms with van der Waals surface area (Å²) < 4.78 is 43.5. The van der Waals surface area contributed by atoms with E-state index in [0.717, 1.165) is 43.0 Å². The maximum Gasteiger partial charge on any atom is 0.410 e. The molecule has 252 valence electrons. The average Bonchev–Trinajstić information content (AvgIpc) is 3.65. The quantitative estimate of drug-likeness (QED) is 0.250. The minimum atomic E-state index is -0.907. The Labute approximate surface area is 278 Å². The molecule has 1 amide bonds. The number of hydrogen-bond acceptors (Lipinski definition) is 8. The first kappa shape index (κ1) is 31.0. The molecule has 0 saturated carbocycles. The number of ether oxygens (including phenoxy) is 2. The molecule has 4 atom stereocenters. The molecule has 5 heterocycles. The average molecular weight is 658 g/mol. The van der Waals surface area contributed by atoms with E-state index in [-0.39, 0.29) is 42.1 Å². The van der Waals surface area contributed by atoms with Gasteiger partial charge in [0.25, 0.3) is 0 Å². The van der Waals surface area contributed by atoms with Gasteiger partial charge in [-0.3, -0.25) is 9.80 Å². The van der Waals surface area contributed by atoms with Crippen molar-refractivity contribution >= 4 is 33.6 Å². The zero-order chi connectivity index (χ0) is 33.4. The van der Waals surface area contributed by atoms with Gasteiger partial charge in [-0.2, -0.15) is 9.97 Å². The molecule has 0 spiro atoms. The maximum atomic E-state index is 16.9. The van der Waals surface area contributed by atoms with E-state index in [1.165, 1.54) is 0 Å². The van der Waals surface area contributed by atoms with Crippen molar-refractivity contribution in [2.45, 2.75) is 82.3 Å². The normalized spacial score (nSPS) is 25.6. The van der Waals surface area contributed by atoms with Crippen LogP contribution in [-0.2, 0) is 4.74 Å². The lowest BCUT2D eigenvalue weighted by atomic mass is 9.95. The highest BCUT2D eigenvalue weighted by Gasteiger charge is 2.50. The van der Waals surface area contributed by atoms with E-state index < -0.39 is 23.1 Å². The number of piperazine rings is 1. The van der Waals surface area contributed by atoms with Crippen LogP contribution >= 0.6 is 0 Å². The smallest absolute Gasteiger partial charge is 0.410 e. The Balaban J connectivity index is 1.20. The zero-order valence-corrected chi connectivity index (χ0v) is 27.6. The summed E-state index contributed by atoms with van der Waals surface area (Å²) in [7, 11) is 0. The van der Waals surface area contributed by atoms with Crippen LogP contribution in [0.15, 0.2) is 48.5 Å². The van der Waals surface area contributed by atoms with Crippen molar-refractivity contribution in [3.8, 4) is 22.9 Å². The summed E-state index contributed by atoms with van der Waals surface area (Å²) in [5.74, 6) is 0.0343. The molecule has 1 aromatic heterocycles. The van der Waals surface area contributed by atoms with Crippen LogP contribution in [0.2, 0.25) is 0 Å². The molecule has 2 unspecified atom stereocenters. The number of phenolic OH excluding ortho intramolecular Hbond substituents is 1. The molecule has 9 nitrogen and oxygen atoms in total. The first-order chi connectivity index (χ1) is 23.0. The van der Waals surface area contributed by atoms with Crippen LogP contribution in [-0.4, -0.2) is 93.1 Å². The van der Waals surface area contributed by atoms with E-state index in [4.69, 9.17) is 14.5 Å². The van der Waals surface area contributed by atoms with Gasteiger partial charge in [-0.05, 0) is 87.5 Å². The standard InChI is InChI=1S/C37H41F2N5O4/c1-36(2,3)48-35(46)44-24-9-10-25(44)20-42(19-24)33-29-12-11-28(30-16-26(45)15-22-7-4-5-8-27(22)30)31(39)32(29)40-34(41-33)47-21-37-13-6-14-43(37)18-23(38)17-37/h4-5,7-8,11-12,15-16,23-25,45H,6,9-10,13-14,17-21H2,1-3H3/t23-,24?,25?,37+/m1/s1. The van der Waals surface area contributed by atoms with E-state index >= 15 is 4.39 Å². The van der Waals surface area contributed by atoms with Crippen LogP contribution in [0.1, 0.15) is 52.9 Å². The van der Waals surface area contributed by atoms with Crippen molar-refractivity contribution in [1.82, 2.24) is 19.8 Å². The number of aromatic nitrogens is 2. The Kier molecular flexibility index (Phi) is 7.39. The minimum absolute atomic E-state index is 0.0389. The predicted molar refractivity (Wildman–Crippen MR) is 180 cm³/mol. The fraction of sp³-hybridized carbons (Fsp3) is 0.486. The molecule has 0 aliphatic carbocycles. The van der Waals surface area contributed by atoms with Gasteiger partial charge in [0.2, 0.25) is 0 Å². The second-order valence-electron chi connectivity index (χ2n) is 14.9. The molecule has 48 heavy (non-hydrogen) atoms. The van der Waals surface area contributed by atoms with Crippen LogP contribution in [0.5, 0.6) is 11.8 Å². The van der Waals surface area contributed by atoms with Crippen LogP contribution < -0.4 is 9.64 Å². The number of amides is 1. The van der Waals surface area contributed by atoms with Crippen molar-refractivity contribution in [2.24, 2.45) is 0 Å². The van der Waals surface area contributed by atoms with Gasteiger partial charge in [-0.25, -0.2) is 13.6 Å². The summed E-state index contributed by atoms with van der Waals surface area (Å²) in [6.45, 7) is 8.04. The van der Waals surface area contributed by atoms with E-state index in [9.17, 15) is 14.3 Å². The second-order valence-corrected chi connectivity index (χ2v) is 14.9. The Morgan fingerprint density at radius 3 is 2.56 bits per heavy atom. The van der Waals surface area contributed by atoms with Gasteiger partial charge < -0.3 is 19.5 Å². The fourth-order valence-corrected chi connectivity index (χ4v) is 8.49. The molecule has 4 fully saturated rings. The highest BCUT2D eigenvalue weighted by Crippen LogP contribution is 2.42. The van der Waals surface area contributed by atoms with Crippen LogP contribution in [0.4, 0.5) is 19.4 Å². The van der Waals surface area contributed by atoms with Crippen molar-refractivity contribution in [3.63, 3.8) is 0 Å². The largest absolute Gasteiger partial charge is 0.508 e.